The van der Waals surface area contributed by atoms with E-state index in [4.69, 9.17) is 16.5 Å². The maximum atomic E-state index is 9.15. The molecule has 2 heterocycles. The van der Waals surface area contributed by atoms with Crippen LogP contribution in [0.2, 0.25) is 0 Å². The zero-order chi connectivity index (χ0) is 25.3. The van der Waals surface area contributed by atoms with Crippen molar-refractivity contribution in [1.82, 2.24) is 0 Å². The first-order chi connectivity index (χ1) is 15.7. The number of hydrogen-bond acceptors (Lipinski definition) is 1. The fourth-order valence-electron chi connectivity index (χ4n) is 3.91. The average Bonchev–Trinajstić information content (AvgIpc) is 3.13. The Kier molecular flexibility index (Phi) is 3.65. The van der Waals surface area contributed by atoms with Crippen molar-refractivity contribution in [3.05, 3.63) is 70.2 Å². The first kappa shape index (κ1) is 15.7. The highest BCUT2D eigenvalue weighted by atomic mass is 16.3. The molecule has 3 nitrogen and oxygen atoms in total. The third-order valence-electron chi connectivity index (χ3n) is 5.43. The topological polar surface area (TPSA) is 21.4 Å². The van der Waals surface area contributed by atoms with Crippen LogP contribution in [0.4, 0.5) is 5.69 Å². The van der Waals surface area contributed by atoms with Gasteiger partial charge in [0, 0.05) is 32.5 Å². The molecule has 0 bridgehead atoms. The molecule has 30 heavy (non-hydrogen) atoms. The quantitative estimate of drug-likeness (QED) is 0.258. The van der Waals surface area contributed by atoms with Gasteiger partial charge in [0.25, 0.3) is 0 Å². The number of rotatable bonds is 2. The second kappa shape index (κ2) is 6.99. The molecule has 0 aliphatic heterocycles. The maximum Gasteiger partial charge on any atom is 0.229 e. The monoisotopic (exact) mass is 401 g/mol. The summed E-state index contributed by atoms with van der Waals surface area (Å²) >= 11 is 0. The number of furan rings is 1. The Morgan fingerprint density at radius 3 is 2.43 bits per heavy atom. The number of fused-ring (bicyclic) bond motifs is 3. The predicted octanol–water partition coefficient (Wildman–Crippen LogP) is 7.14. The van der Waals surface area contributed by atoms with Gasteiger partial charge in [0.05, 0.1) is 14.9 Å². The van der Waals surface area contributed by atoms with Gasteiger partial charge in [0.2, 0.25) is 11.4 Å². The molecule has 0 unspecified atom stereocenters. The molecule has 2 aromatic carbocycles. The number of aryl methyl sites for hydroxylation is 2. The third kappa shape index (κ3) is 3.27. The Hall–Kier alpha value is -3.12. The molecule has 0 radical (unpaired) electrons. The van der Waals surface area contributed by atoms with Gasteiger partial charge in [0.15, 0.2) is 5.69 Å². The molecule has 0 saturated heterocycles. The molecule has 2 aromatic heterocycles. The maximum absolute atomic E-state index is 9.15. The lowest BCUT2D eigenvalue weighted by Gasteiger charge is -2.18. The molecule has 0 N–H and O–H groups in total. The number of nitrogens with zero attached hydrogens (tertiary/aromatic N) is 2. The fraction of sp³-hybridized carbons (Fsp3) is 0.333. The SMILES string of the molecule is [2H]c1c(C([2H])([2H])C(C)(C)C)c([2H])c(-c2c(C)ccc3c2oc2c([N+]#[C-])ccc(C)c23)[n+](C)c1C. The van der Waals surface area contributed by atoms with E-state index in [1.54, 1.807) is 45.4 Å². The largest absolute Gasteiger partial charge is 0.466 e. The van der Waals surface area contributed by atoms with Gasteiger partial charge in [-0.2, -0.15) is 4.57 Å². The minimum atomic E-state index is -1.90. The molecule has 4 rings (SSSR count). The van der Waals surface area contributed by atoms with Crippen LogP contribution in [0.3, 0.4) is 0 Å². The van der Waals surface area contributed by atoms with Gasteiger partial charge in [-0.25, -0.2) is 4.85 Å². The summed E-state index contributed by atoms with van der Waals surface area (Å²) in [6.45, 7) is 18.6. The van der Waals surface area contributed by atoms with E-state index < -0.39 is 11.8 Å². The number of pyridine rings is 1. The summed E-state index contributed by atoms with van der Waals surface area (Å²) in [4.78, 5) is 3.63. The lowest BCUT2D eigenvalue weighted by atomic mass is 9.87. The second-order valence-corrected chi connectivity index (χ2v) is 8.95. The summed E-state index contributed by atoms with van der Waals surface area (Å²) in [6, 6.07) is 7.64. The van der Waals surface area contributed by atoms with E-state index in [9.17, 15) is 0 Å². The standard InChI is InChI=1S/C27H29N2O/c1-16-10-12-21(28-7)26-23(16)20-11-9-17(2)24(25(20)30-26)22-14-19(15-27(4,5)6)13-18(3)29(22)8/h9-14H,15H2,1-6,8H3/q+1/i13D,14D,15D2. The Balaban J connectivity index is 2.22. The van der Waals surface area contributed by atoms with Gasteiger partial charge in [-0.3, -0.25) is 0 Å². The van der Waals surface area contributed by atoms with Gasteiger partial charge in [-0.1, -0.05) is 45.0 Å². The number of hydrogen-bond donors (Lipinski definition) is 0. The van der Waals surface area contributed by atoms with Crippen LogP contribution in [-0.2, 0) is 13.4 Å². The molecule has 0 atom stereocenters. The normalized spacial score (nSPS) is 14.3. The van der Waals surface area contributed by atoms with Crippen molar-refractivity contribution in [1.29, 1.82) is 0 Å². The zero-order valence-corrected chi connectivity index (χ0v) is 18.6. The smallest absolute Gasteiger partial charge is 0.229 e. The average molecular weight is 402 g/mol. The van der Waals surface area contributed by atoms with Gasteiger partial charge in [-0.15, -0.1) is 0 Å². The van der Waals surface area contributed by atoms with Crippen molar-refractivity contribution in [2.45, 2.75) is 47.9 Å². The molecule has 0 saturated carbocycles. The van der Waals surface area contributed by atoms with E-state index in [1.807, 2.05) is 32.0 Å². The Bertz CT molecular complexity index is 1540. The molecule has 0 amide bonds. The van der Waals surface area contributed by atoms with Crippen LogP contribution < -0.4 is 4.57 Å². The van der Waals surface area contributed by atoms with Crippen molar-refractivity contribution in [2.24, 2.45) is 12.5 Å². The van der Waals surface area contributed by atoms with Crippen LogP contribution in [0.5, 0.6) is 0 Å². The van der Waals surface area contributed by atoms with Crippen molar-refractivity contribution in [3.63, 3.8) is 0 Å². The molecule has 0 spiro atoms. The fourth-order valence-corrected chi connectivity index (χ4v) is 3.91. The minimum absolute atomic E-state index is 0.0174. The molecule has 3 heteroatoms. The first-order valence-corrected chi connectivity index (χ1v) is 10.1. The van der Waals surface area contributed by atoms with Crippen LogP contribution in [0.15, 0.2) is 40.8 Å². The molecule has 0 fully saturated rings. The predicted molar refractivity (Wildman–Crippen MR) is 124 cm³/mol. The van der Waals surface area contributed by atoms with E-state index in [0.29, 0.717) is 33.8 Å². The van der Waals surface area contributed by atoms with Crippen molar-refractivity contribution in [3.8, 4) is 11.3 Å². The van der Waals surface area contributed by atoms with E-state index in [-0.39, 0.29) is 17.6 Å². The van der Waals surface area contributed by atoms with E-state index in [0.717, 1.165) is 21.9 Å². The van der Waals surface area contributed by atoms with Gasteiger partial charge >= 0.3 is 0 Å². The molecule has 0 aliphatic rings. The molecule has 4 aromatic rings. The summed E-state index contributed by atoms with van der Waals surface area (Å²) in [5.41, 5.74) is 4.40. The van der Waals surface area contributed by atoms with Crippen molar-refractivity contribution < 1.29 is 14.5 Å². The van der Waals surface area contributed by atoms with Crippen LogP contribution in [0.1, 0.15) is 48.6 Å². The third-order valence-corrected chi connectivity index (χ3v) is 5.43. The second-order valence-electron chi connectivity index (χ2n) is 8.95. The Morgan fingerprint density at radius 2 is 1.77 bits per heavy atom. The lowest BCUT2D eigenvalue weighted by molar-refractivity contribution is -0.666. The van der Waals surface area contributed by atoms with Crippen molar-refractivity contribution in [2.75, 3.05) is 0 Å². The zero-order valence-electron chi connectivity index (χ0n) is 22.6. The summed E-state index contributed by atoms with van der Waals surface area (Å²) in [7, 11) is 1.80. The summed E-state index contributed by atoms with van der Waals surface area (Å²) in [6.07, 6.45) is -1.90. The Morgan fingerprint density at radius 1 is 1.07 bits per heavy atom. The van der Waals surface area contributed by atoms with E-state index in [1.165, 1.54) is 0 Å². The Labute approximate surface area is 184 Å². The van der Waals surface area contributed by atoms with Crippen molar-refractivity contribution >= 4 is 27.6 Å². The first-order valence-electron chi connectivity index (χ1n) is 12.1. The highest BCUT2D eigenvalue weighted by Crippen LogP contribution is 2.41. The van der Waals surface area contributed by atoms with Crippen LogP contribution in [0, 0.1) is 32.8 Å². The highest BCUT2D eigenvalue weighted by molar-refractivity contribution is 6.14. The van der Waals surface area contributed by atoms with E-state index >= 15 is 0 Å². The van der Waals surface area contributed by atoms with Crippen LogP contribution in [-0.4, -0.2) is 0 Å². The lowest BCUT2D eigenvalue weighted by Crippen LogP contribution is -2.35. The van der Waals surface area contributed by atoms with Gasteiger partial charge < -0.3 is 4.42 Å². The van der Waals surface area contributed by atoms with Crippen LogP contribution in [0.25, 0.3) is 38.0 Å². The molecular formula is C27H29N2O+. The minimum Gasteiger partial charge on any atom is -0.466 e. The molecule has 152 valence electrons. The number of aromatic nitrogens is 1. The summed E-state index contributed by atoms with van der Waals surface area (Å²) < 4.78 is 43.7. The summed E-state index contributed by atoms with van der Waals surface area (Å²) in [5, 5.41) is 1.73. The molecular weight excluding hydrogens is 368 g/mol. The molecule has 0 aliphatic carbocycles. The number of benzene rings is 2. The van der Waals surface area contributed by atoms with Gasteiger partial charge in [0.1, 0.15) is 18.2 Å². The summed E-state index contributed by atoms with van der Waals surface area (Å²) in [5.74, 6) is 0. The van der Waals surface area contributed by atoms with Crippen LogP contribution >= 0.6 is 0 Å². The highest BCUT2D eigenvalue weighted by Gasteiger charge is 2.25. The van der Waals surface area contributed by atoms with E-state index in [2.05, 4.69) is 4.85 Å². The van der Waals surface area contributed by atoms with Gasteiger partial charge in [-0.05, 0) is 42.3 Å².